The summed E-state index contributed by atoms with van der Waals surface area (Å²) < 4.78 is 31.9. The van der Waals surface area contributed by atoms with Gasteiger partial charge in [0.15, 0.2) is 0 Å². The SMILES string of the molecule is COCCNS(=O)(=O)c1ccc(C)c(C(=O)NCc2ccc(C)cc2)c1. The first-order valence-corrected chi connectivity index (χ1v) is 9.75. The van der Waals surface area contributed by atoms with Gasteiger partial charge >= 0.3 is 0 Å². The van der Waals surface area contributed by atoms with E-state index in [4.69, 9.17) is 4.74 Å². The largest absolute Gasteiger partial charge is 0.383 e. The lowest BCUT2D eigenvalue weighted by Gasteiger charge is -2.11. The molecule has 2 aromatic rings. The molecule has 0 saturated heterocycles. The van der Waals surface area contributed by atoms with E-state index in [9.17, 15) is 13.2 Å². The Hall–Kier alpha value is -2.22. The number of hydrogen-bond donors (Lipinski definition) is 2. The molecule has 26 heavy (non-hydrogen) atoms. The Morgan fingerprint density at radius 1 is 1.08 bits per heavy atom. The molecule has 0 saturated carbocycles. The molecule has 0 bridgehead atoms. The summed E-state index contributed by atoms with van der Waals surface area (Å²) in [5, 5.41) is 2.83. The van der Waals surface area contributed by atoms with Crippen LogP contribution in [-0.2, 0) is 21.3 Å². The van der Waals surface area contributed by atoms with Gasteiger partial charge in [-0.05, 0) is 37.1 Å². The average Bonchev–Trinajstić information content (AvgIpc) is 2.61. The van der Waals surface area contributed by atoms with E-state index < -0.39 is 10.0 Å². The maximum absolute atomic E-state index is 12.5. The maximum Gasteiger partial charge on any atom is 0.251 e. The van der Waals surface area contributed by atoms with Gasteiger partial charge in [0.05, 0.1) is 11.5 Å². The molecule has 6 nitrogen and oxygen atoms in total. The highest BCUT2D eigenvalue weighted by Crippen LogP contribution is 2.16. The Morgan fingerprint density at radius 2 is 1.77 bits per heavy atom. The summed E-state index contributed by atoms with van der Waals surface area (Å²) in [7, 11) is -2.19. The second-order valence-electron chi connectivity index (χ2n) is 6.04. The lowest BCUT2D eigenvalue weighted by Crippen LogP contribution is -2.28. The standard InChI is InChI=1S/C19H24N2O4S/c1-14-4-7-16(8-5-14)13-20-19(22)18-12-17(9-6-15(18)2)26(23,24)21-10-11-25-3/h4-9,12,21H,10-11,13H2,1-3H3,(H,20,22). The summed E-state index contributed by atoms with van der Waals surface area (Å²) in [5.41, 5.74) is 3.18. The van der Waals surface area contributed by atoms with Gasteiger partial charge in [0.1, 0.15) is 0 Å². The van der Waals surface area contributed by atoms with Crippen LogP contribution in [0, 0.1) is 13.8 Å². The van der Waals surface area contributed by atoms with Gasteiger partial charge in [-0.15, -0.1) is 0 Å². The Morgan fingerprint density at radius 3 is 2.42 bits per heavy atom. The zero-order valence-corrected chi connectivity index (χ0v) is 16.0. The van der Waals surface area contributed by atoms with Crippen molar-refractivity contribution in [1.29, 1.82) is 0 Å². The Kier molecular flexibility index (Phi) is 6.90. The zero-order valence-electron chi connectivity index (χ0n) is 15.2. The number of hydrogen-bond acceptors (Lipinski definition) is 4. The molecular weight excluding hydrogens is 352 g/mol. The van der Waals surface area contributed by atoms with Crippen molar-refractivity contribution in [2.75, 3.05) is 20.3 Å². The fraction of sp³-hybridized carbons (Fsp3) is 0.316. The highest BCUT2D eigenvalue weighted by atomic mass is 32.2. The summed E-state index contributed by atoms with van der Waals surface area (Å²) in [6, 6.07) is 12.4. The summed E-state index contributed by atoms with van der Waals surface area (Å²) in [4.78, 5) is 12.6. The Bertz CT molecular complexity index is 862. The van der Waals surface area contributed by atoms with Gasteiger partial charge in [-0.1, -0.05) is 35.9 Å². The lowest BCUT2D eigenvalue weighted by molar-refractivity contribution is 0.0950. The van der Waals surface area contributed by atoms with Crippen molar-refractivity contribution in [3.8, 4) is 0 Å². The third kappa shape index (κ3) is 5.39. The Labute approximate surface area is 154 Å². The highest BCUT2D eigenvalue weighted by Gasteiger charge is 2.17. The monoisotopic (exact) mass is 376 g/mol. The van der Waals surface area contributed by atoms with E-state index >= 15 is 0 Å². The van der Waals surface area contributed by atoms with Gasteiger partial charge in [-0.25, -0.2) is 13.1 Å². The molecule has 0 aromatic heterocycles. The van der Waals surface area contributed by atoms with Crippen LogP contribution in [0.3, 0.4) is 0 Å². The van der Waals surface area contributed by atoms with Gasteiger partial charge in [0.2, 0.25) is 10.0 Å². The fourth-order valence-electron chi connectivity index (χ4n) is 2.36. The molecule has 2 rings (SSSR count). The number of methoxy groups -OCH3 is 1. The van der Waals surface area contributed by atoms with E-state index in [0.717, 1.165) is 11.1 Å². The molecule has 0 radical (unpaired) electrons. The fourth-order valence-corrected chi connectivity index (χ4v) is 3.40. The van der Waals surface area contributed by atoms with E-state index in [-0.39, 0.29) is 24.0 Å². The number of ether oxygens (including phenoxy) is 1. The molecule has 2 N–H and O–H groups in total. The number of carbonyl (C=O) groups is 1. The number of amides is 1. The van der Waals surface area contributed by atoms with Crippen molar-refractivity contribution in [2.45, 2.75) is 25.3 Å². The minimum absolute atomic E-state index is 0.0553. The van der Waals surface area contributed by atoms with Crippen LogP contribution in [0.4, 0.5) is 0 Å². The zero-order chi connectivity index (χ0) is 19.2. The third-order valence-corrected chi connectivity index (χ3v) is 5.39. The molecule has 0 atom stereocenters. The van der Waals surface area contributed by atoms with Crippen LogP contribution in [0.2, 0.25) is 0 Å². The molecule has 140 valence electrons. The smallest absolute Gasteiger partial charge is 0.251 e. The summed E-state index contributed by atoms with van der Waals surface area (Å²) in [6.07, 6.45) is 0. The van der Waals surface area contributed by atoms with Crippen molar-refractivity contribution in [3.05, 3.63) is 64.7 Å². The van der Waals surface area contributed by atoms with Crippen molar-refractivity contribution >= 4 is 15.9 Å². The predicted octanol–water partition coefficient (Wildman–Crippen LogP) is 2.16. The molecule has 1 amide bonds. The van der Waals surface area contributed by atoms with Gasteiger partial charge < -0.3 is 10.1 Å². The molecule has 0 aliphatic rings. The number of nitrogens with one attached hydrogen (secondary N) is 2. The van der Waals surface area contributed by atoms with Gasteiger partial charge in [0, 0.05) is 25.8 Å². The summed E-state index contributed by atoms with van der Waals surface area (Å²) in [6.45, 7) is 4.59. The molecule has 0 unspecified atom stereocenters. The van der Waals surface area contributed by atoms with Gasteiger partial charge in [-0.2, -0.15) is 0 Å². The number of aryl methyl sites for hydroxylation is 2. The molecule has 0 fully saturated rings. The van der Waals surface area contributed by atoms with Crippen molar-refractivity contribution in [1.82, 2.24) is 10.0 Å². The van der Waals surface area contributed by atoms with Crippen LogP contribution in [0.15, 0.2) is 47.4 Å². The van der Waals surface area contributed by atoms with Crippen molar-refractivity contribution in [3.63, 3.8) is 0 Å². The second kappa shape index (κ2) is 8.93. The first kappa shape index (κ1) is 20.1. The molecule has 0 aliphatic heterocycles. The van der Waals surface area contributed by atoms with Crippen LogP contribution < -0.4 is 10.0 Å². The molecule has 0 aliphatic carbocycles. The maximum atomic E-state index is 12.5. The second-order valence-corrected chi connectivity index (χ2v) is 7.80. The van der Waals surface area contributed by atoms with E-state index in [1.165, 1.54) is 19.2 Å². The number of carbonyl (C=O) groups excluding carboxylic acids is 1. The average molecular weight is 376 g/mol. The first-order chi connectivity index (χ1) is 12.3. The first-order valence-electron chi connectivity index (χ1n) is 8.26. The quantitative estimate of drug-likeness (QED) is 0.692. The highest BCUT2D eigenvalue weighted by molar-refractivity contribution is 7.89. The van der Waals surface area contributed by atoms with E-state index in [2.05, 4.69) is 10.0 Å². The molecular formula is C19H24N2O4S. The lowest BCUT2D eigenvalue weighted by atomic mass is 10.1. The van der Waals surface area contributed by atoms with Crippen LogP contribution in [0.5, 0.6) is 0 Å². The summed E-state index contributed by atoms with van der Waals surface area (Å²) in [5.74, 6) is -0.308. The van der Waals surface area contributed by atoms with Crippen LogP contribution in [0.25, 0.3) is 0 Å². The predicted molar refractivity (Wildman–Crippen MR) is 101 cm³/mol. The van der Waals surface area contributed by atoms with Crippen LogP contribution in [-0.4, -0.2) is 34.6 Å². The van der Waals surface area contributed by atoms with E-state index in [0.29, 0.717) is 17.7 Å². The summed E-state index contributed by atoms with van der Waals surface area (Å²) >= 11 is 0. The van der Waals surface area contributed by atoms with Crippen molar-refractivity contribution in [2.24, 2.45) is 0 Å². The number of rotatable bonds is 8. The number of sulfonamides is 1. The molecule has 7 heteroatoms. The van der Waals surface area contributed by atoms with Gasteiger partial charge in [-0.3, -0.25) is 4.79 Å². The van der Waals surface area contributed by atoms with Crippen LogP contribution in [0.1, 0.15) is 27.0 Å². The third-order valence-electron chi connectivity index (χ3n) is 3.94. The molecule has 0 spiro atoms. The number of benzene rings is 2. The van der Waals surface area contributed by atoms with E-state index in [1.54, 1.807) is 13.0 Å². The van der Waals surface area contributed by atoms with Crippen molar-refractivity contribution < 1.29 is 17.9 Å². The van der Waals surface area contributed by atoms with Crippen LogP contribution >= 0.6 is 0 Å². The molecule has 0 heterocycles. The Balaban J connectivity index is 2.12. The van der Waals surface area contributed by atoms with Gasteiger partial charge in [0.25, 0.3) is 5.91 Å². The normalized spacial score (nSPS) is 11.3. The van der Waals surface area contributed by atoms with E-state index in [1.807, 2.05) is 31.2 Å². The minimum atomic E-state index is -3.69. The minimum Gasteiger partial charge on any atom is -0.383 e. The topological polar surface area (TPSA) is 84.5 Å². The molecule has 2 aromatic carbocycles.